The Morgan fingerprint density at radius 2 is 0.818 bits per heavy atom. The van der Waals surface area contributed by atoms with Gasteiger partial charge in [-0.05, 0) is 19.3 Å². The molecule has 3 atom stereocenters. The van der Waals surface area contributed by atoms with E-state index in [1.54, 1.807) is 6.08 Å². The number of nitrogens with zero attached hydrogens (tertiary/aromatic N) is 1. The van der Waals surface area contributed by atoms with E-state index in [9.17, 15) is 19.4 Å². The van der Waals surface area contributed by atoms with Crippen molar-refractivity contribution in [3.63, 3.8) is 0 Å². The number of likely N-dealkylation sites (N-methyl/N-ethyl adjacent to an activating group) is 1. The zero-order valence-electron chi connectivity index (χ0n) is 44.9. The van der Waals surface area contributed by atoms with Gasteiger partial charge in [0.05, 0.1) is 39.9 Å². The van der Waals surface area contributed by atoms with Crippen molar-refractivity contribution in [2.24, 2.45) is 0 Å². The number of aliphatic hydroxyl groups excluding tert-OH is 1. The van der Waals surface area contributed by atoms with Crippen LogP contribution >= 0.6 is 7.82 Å². The van der Waals surface area contributed by atoms with Crippen molar-refractivity contribution in [3.05, 3.63) is 12.2 Å². The third-order valence-corrected chi connectivity index (χ3v) is 14.5. The molecule has 394 valence electrons. The van der Waals surface area contributed by atoms with Gasteiger partial charge in [0.1, 0.15) is 13.2 Å². The number of unbranched alkanes of at least 4 members (excludes halogenated alkanes) is 41. The lowest BCUT2D eigenvalue weighted by molar-refractivity contribution is -0.870. The van der Waals surface area contributed by atoms with Gasteiger partial charge in [0.25, 0.3) is 7.82 Å². The third kappa shape index (κ3) is 51.1. The molecule has 0 rings (SSSR count). The highest BCUT2D eigenvalue weighted by Gasteiger charge is 2.23. The number of hydrogen-bond donors (Lipinski definition) is 2. The van der Waals surface area contributed by atoms with E-state index in [1.807, 2.05) is 27.2 Å². The van der Waals surface area contributed by atoms with E-state index in [-0.39, 0.29) is 19.1 Å². The van der Waals surface area contributed by atoms with Crippen LogP contribution in [0.3, 0.4) is 0 Å². The molecule has 0 spiro atoms. The second-order valence-electron chi connectivity index (χ2n) is 21.4. The summed E-state index contributed by atoms with van der Waals surface area (Å²) in [6.07, 6.45) is 60.0. The smallest absolute Gasteiger partial charge is 0.268 e. The Hall–Kier alpha value is -0.760. The molecule has 0 aromatic heterocycles. The molecular formula is C57H115N2O6P. The third-order valence-electron chi connectivity index (χ3n) is 13.5. The number of carbonyl (C=O) groups is 1. The zero-order chi connectivity index (χ0) is 48.5. The molecule has 0 aromatic rings. The predicted octanol–water partition coefficient (Wildman–Crippen LogP) is 16.8. The fraction of sp³-hybridized carbons (Fsp3) is 0.947. The van der Waals surface area contributed by atoms with Gasteiger partial charge in [0.15, 0.2) is 0 Å². The number of allylic oxidation sites excluding steroid dienone is 1. The van der Waals surface area contributed by atoms with Gasteiger partial charge in [-0.1, -0.05) is 283 Å². The van der Waals surface area contributed by atoms with Crippen molar-refractivity contribution in [1.29, 1.82) is 0 Å². The maximum atomic E-state index is 13.0. The summed E-state index contributed by atoms with van der Waals surface area (Å²) in [6, 6.07) is -0.881. The molecule has 3 unspecified atom stereocenters. The van der Waals surface area contributed by atoms with E-state index < -0.39 is 20.0 Å². The number of carbonyl (C=O) groups excluding carboxylic acids is 1. The summed E-state index contributed by atoms with van der Waals surface area (Å²) < 4.78 is 23.3. The standard InChI is InChI=1S/C57H115N2O6P/c1-6-8-10-12-14-16-18-20-22-24-25-26-27-28-29-30-31-32-33-35-37-39-41-43-45-47-49-51-57(61)58-55(54-65-66(62,63)64-53-52-59(3,4)5)56(60)50-48-46-44-42-40-38-36-34-23-21-19-17-15-13-11-9-7-2/h48,50,55-56,60H,6-47,49,51-54H2,1-5H3,(H-,58,61,62,63)/b50-48+. The van der Waals surface area contributed by atoms with E-state index in [4.69, 9.17) is 9.05 Å². The summed E-state index contributed by atoms with van der Waals surface area (Å²) in [6.45, 7) is 4.70. The van der Waals surface area contributed by atoms with Crippen LogP contribution in [0, 0.1) is 0 Å². The SMILES string of the molecule is CCCCCCCCCCCCCCCCC/C=C/C(O)C(COP(=O)([O-])OCC[N+](C)(C)C)NC(=O)CCCCCCCCCCCCCCCCCCCCCCCCCCCCC. The Bertz CT molecular complexity index is 1080. The number of quaternary nitrogens is 1. The topological polar surface area (TPSA) is 108 Å². The molecule has 2 N–H and O–H groups in total. The Labute approximate surface area is 412 Å². The van der Waals surface area contributed by atoms with E-state index in [0.717, 1.165) is 38.5 Å². The van der Waals surface area contributed by atoms with Crippen molar-refractivity contribution < 1.29 is 32.9 Å². The molecule has 0 saturated carbocycles. The second-order valence-corrected chi connectivity index (χ2v) is 22.8. The first-order chi connectivity index (χ1) is 32.0. The maximum absolute atomic E-state index is 13.0. The number of hydrogen-bond acceptors (Lipinski definition) is 6. The molecule has 0 aliphatic heterocycles. The summed E-state index contributed by atoms with van der Waals surface area (Å²) in [5, 5.41) is 13.9. The van der Waals surface area contributed by atoms with Crippen LogP contribution in [0.5, 0.6) is 0 Å². The molecule has 0 aromatic carbocycles. The summed E-state index contributed by atoms with van der Waals surface area (Å²) in [4.78, 5) is 25.5. The predicted molar refractivity (Wildman–Crippen MR) is 284 cm³/mol. The molecular weight excluding hydrogens is 840 g/mol. The maximum Gasteiger partial charge on any atom is 0.268 e. The van der Waals surface area contributed by atoms with Gasteiger partial charge < -0.3 is 28.8 Å². The van der Waals surface area contributed by atoms with Crippen LogP contribution in [0.1, 0.15) is 296 Å². The monoisotopic (exact) mass is 955 g/mol. The Kier molecular flexibility index (Phi) is 48.7. The second kappa shape index (κ2) is 49.2. The van der Waals surface area contributed by atoms with Crippen molar-refractivity contribution in [3.8, 4) is 0 Å². The van der Waals surface area contributed by atoms with Crippen LogP contribution < -0.4 is 10.2 Å². The average molecular weight is 956 g/mol. The zero-order valence-corrected chi connectivity index (χ0v) is 45.8. The number of phosphoric ester groups is 1. The summed E-state index contributed by atoms with van der Waals surface area (Å²) in [7, 11) is 1.28. The van der Waals surface area contributed by atoms with Crippen LogP contribution in [0.2, 0.25) is 0 Å². The lowest BCUT2D eigenvalue weighted by Gasteiger charge is -2.29. The molecule has 8 nitrogen and oxygen atoms in total. The molecule has 0 saturated heterocycles. The molecule has 0 aliphatic carbocycles. The molecule has 0 aliphatic rings. The first-order valence-electron chi connectivity index (χ1n) is 29.1. The van der Waals surface area contributed by atoms with Crippen LogP contribution in [-0.4, -0.2) is 68.5 Å². The minimum Gasteiger partial charge on any atom is -0.756 e. The largest absolute Gasteiger partial charge is 0.756 e. The Morgan fingerprint density at radius 3 is 1.14 bits per heavy atom. The van der Waals surface area contributed by atoms with Gasteiger partial charge >= 0.3 is 0 Å². The Morgan fingerprint density at radius 1 is 0.515 bits per heavy atom. The molecule has 0 bridgehead atoms. The van der Waals surface area contributed by atoms with Gasteiger partial charge in [0.2, 0.25) is 5.91 Å². The van der Waals surface area contributed by atoms with Crippen molar-refractivity contribution in [2.45, 2.75) is 309 Å². The highest BCUT2D eigenvalue weighted by Crippen LogP contribution is 2.38. The Balaban J connectivity index is 4.11. The molecule has 9 heteroatoms. The summed E-state index contributed by atoms with van der Waals surface area (Å²) in [5.41, 5.74) is 0. The van der Waals surface area contributed by atoms with Gasteiger partial charge in [0, 0.05) is 6.42 Å². The van der Waals surface area contributed by atoms with E-state index in [1.165, 1.54) is 238 Å². The number of phosphoric acid groups is 1. The average Bonchev–Trinajstić information content (AvgIpc) is 3.28. The molecule has 1 amide bonds. The van der Waals surface area contributed by atoms with E-state index >= 15 is 0 Å². The van der Waals surface area contributed by atoms with Gasteiger partial charge in [-0.15, -0.1) is 0 Å². The van der Waals surface area contributed by atoms with Crippen LogP contribution in [0.25, 0.3) is 0 Å². The highest BCUT2D eigenvalue weighted by atomic mass is 31.2. The first-order valence-corrected chi connectivity index (χ1v) is 30.5. The normalized spacial score (nSPS) is 14.0. The fourth-order valence-electron chi connectivity index (χ4n) is 8.92. The van der Waals surface area contributed by atoms with Crippen molar-refractivity contribution in [2.75, 3.05) is 40.9 Å². The minimum absolute atomic E-state index is 0.00263. The number of amides is 1. The van der Waals surface area contributed by atoms with Crippen LogP contribution in [0.15, 0.2) is 12.2 Å². The first kappa shape index (κ1) is 65.2. The van der Waals surface area contributed by atoms with Crippen LogP contribution in [0.4, 0.5) is 0 Å². The lowest BCUT2D eigenvalue weighted by atomic mass is 10.0. The highest BCUT2D eigenvalue weighted by molar-refractivity contribution is 7.45. The number of nitrogens with one attached hydrogen (secondary N) is 1. The molecule has 0 radical (unpaired) electrons. The fourth-order valence-corrected chi connectivity index (χ4v) is 9.64. The van der Waals surface area contributed by atoms with Gasteiger partial charge in [-0.25, -0.2) is 0 Å². The molecule has 66 heavy (non-hydrogen) atoms. The van der Waals surface area contributed by atoms with Gasteiger partial charge in [-0.2, -0.15) is 0 Å². The molecule has 0 fully saturated rings. The minimum atomic E-state index is -4.59. The summed E-state index contributed by atoms with van der Waals surface area (Å²) >= 11 is 0. The van der Waals surface area contributed by atoms with E-state index in [2.05, 4.69) is 19.2 Å². The van der Waals surface area contributed by atoms with Crippen molar-refractivity contribution in [1.82, 2.24) is 5.32 Å². The summed E-state index contributed by atoms with van der Waals surface area (Å²) in [5.74, 6) is -0.190. The van der Waals surface area contributed by atoms with E-state index in [0.29, 0.717) is 17.4 Å². The quantitative estimate of drug-likeness (QED) is 0.0272. The lowest BCUT2D eigenvalue weighted by Crippen LogP contribution is -2.45. The molecule has 0 heterocycles. The van der Waals surface area contributed by atoms with Crippen LogP contribution in [-0.2, 0) is 18.4 Å². The van der Waals surface area contributed by atoms with Gasteiger partial charge in [-0.3, -0.25) is 9.36 Å². The number of rotatable bonds is 54. The van der Waals surface area contributed by atoms with Crippen molar-refractivity contribution >= 4 is 13.7 Å². The number of aliphatic hydroxyl groups is 1.